The molecule has 1 N–H and O–H groups in total. The van der Waals surface area contributed by atoms with Gasteiger partial charge >= 0.3 is 0 Å². The minimum atomic E-state index is -0.504. The number of rotatable bonds is 3. The van der Waals surface area contributed by atoms with E-state index in [0.29, 0.717) is 5.69 Å². The van der Waals surface area contributed by atoms with E-state index in [0.717, 1.165) is 16.9 Å². The molecule has 4 rings (SSSR count). The Morgan fingerprint density at radius 1 is 0.962 bits per heavy atom. The van der Waals surface area contributed by atoms with Crippen LogP contribution in [0.5, 0.6) is 5.75 Å². The second kappa shape index (κ2) is 6.23. The van der Waals surface area contributed by atoms with Crippen LogP contribution in [-0.4, -0.2) is 37.0 Å². The van der Waals surface area contributed by atoms with Gasteiger partial charge in [-0.3, -0.25) is 9.59 Å². The highest BCUT2D eigenvalue weighted by Gasteiger charge is 2.57. The van der Waals surface area contributed by atoms with Crippen LogP contribution in [0.3, 0.4) is 0 Å². The van der Waals surface area contributed by atoms with Crippen LogP contribution in [-0.2, 0) is 9.59 Å². The SMILES string of the molecule is COc1ccc([C@@H]2NN(C)[C@H]3C(=O)N(c4ccc(C)cc4)C(=O)[C@@H]23)cc1. The Bertz CT molecular complexity index is 848. The Labute approximate surface area is 152 Å². The molecule has 26 heavy (non-hydrogen) atoms. The number of hydrogen-bond donors (Lipinski definition) is 1. The zero-order valence-electron chi connectivity index (χ0n) is 15.0. The predicted octanol–water partition coefficient (Wildman–Crippen LogP) is 2.05. The summed E-state index contributed by atoms with van der Waals surface area (Å²) in [5, 5.41) is 1.76. The molecule has 2 aliphatic rings. The van der Waals surface area contributed by atoms with Gasteiger partial charge in [-0.2, -0.15) is 0 Å². The first kappa shape index (κ1) is 16.8. The number of ether oxygens (including phenoxy) is 1. The molecule has 2 saturated heterocycles. The summed E-state index contributed by atoms with van der Waals surface area (Å²) in [4.78, 5) is 27.4. The van der Waals surface area contributed by atoms with E-state index in [9.17, 15) is 9.59 Å². The second-order valence-corrected chi connectivity index (χ2v) is 6.81. The lowest BCUT2D eigenvalue weighted by Crippen LogP contribution is -2.43. The molecule has 134 valence electrons. The number of imide groups is 1. The van der Waals surface area contributed by atoms with Gasteiger partial charge in [0, 0.05) is 7.05 Å². The number of aryl methyl sites for hydroxylation is 1. The number of benzene rings is 2. The van der Waals surface area contributed by atoms with Crippen molar-refractivity contribution in [3.63, 3.8) is 0 Å². The van der Waals surface area contributed by atoms with Crippen molar-refractivity contribution in [1.82, 2.24) is 10.4 Å². The molecule has 2 fully saturated rings. The fourth-order valence-corrected chi connectivity index (χ4v) is 3.83. The molecule has 2 aromatic carbocycles. The van der Waals surface area contributed by atoms with E-state index in [1.54, 1.807) is 12.1 Å². The summed E-state index contributed by atoms with van der Waals surface area (Å²) in [6, 6.07) is 14.3. The van der Waals surface area contributed by atoms with Gasteiger partial charge in [-0.1, -0.05) is 29.8 Å². The van der Waals surface area contributed by atoms with Crippen molar-refractivity contribution < 1.29 is 14.3 Å². The van der Waals surface area contributed by atoms with Gasteiger partial charge < -0.3 is 4.74 Å². The second-order valence-electron chi connectivity index (χ2n) is 6.81. The lowest BCUT2D eigenvalue weighted by molar-refractivity contribution is -0.123. The zero-order chi connectivity index (χ0) is 18.4. The van der Waals surface area contributed by atoms with Crippen molar-refractivity contribution in [2.45, 2.75) is 19.0 Å². The molecule has 6 heteroatoms. The Balaban J connectivity index is 1.69. The fourth-order valence-electron chi connectivity index (χ4n) is 3.83. The average molecular weight is 351 g/mol. The molecule has 6 nitrogen and oxygen atoms in total. The van der Waals surface area contributed by atoms with Gasteiger partial charge in [0.25, 0.3) is 5.91 Å². The molecule has 2 amide bonds. The van der Waals surface area contributed by atoms with Gasteiger partial charge in [0.1, 0.15) is 11.8 Å². The molecule has 2 aromatic rings. The van der Waals surface area contributed by atoms with E-state index < -0.39 is 12.0 Å². The van der Waals surface area contributed by atoms with Crippen LogP contribution in [0.15, 0.2) is 48.5 Å². The zero-order valence-corrected chi connectivity index (χ0v) is 15.0. The highest BCUT2D eigenvalue weighted by Crippen LogP contribution is 2.41. The number of methoxy groups -OCH3 is 1. The first-order valence-electron chi connectivity index (χ1n) is 8.58. The quantitative estimate of drug-likeness (QED) is 0.858. The standard InChI is InChI=1S/C20H21N3O3/c1-12-4-8-14(9-5-12)23-19(24)16-17(21-22(2)18(16)20(23)25)13-6-10-15(26-3)11-7-13/h4-11,16-18,21H,1-3H3/t16-,17-,18+/m0/s1. The maximum Gasteiger partial charge on any atom is 0.253 e. The Morgan fingerprint density at radius 2 is 1.62 bits per heavy atom. The average Bonchev–Trinajstić information content (AvgIpc) is 3.12. The van der Waals surface area contributed by atoms with Crippen molar-refractivity contribution in [2.24, 2.45) is 5.92 Å². The minimum absolute atomic E-state index is 0.165. The molecule has 0 unspecified atom stereocenters. The molecule has 2 heterocycles. The molecule has 3 atom stereocenters. The predicted molar refractivity (Wildman–Crippen MR) is 97.6 cm³/mol. The number of anilines is 1. The van der Waals surface area contributed by atoms with E-state index in [1.165, 1.54) is 4.90 Å². The van der Waals surface area contributed by atoms with Crippen molar-refractivity contribution in [2.75, 3.05) is 19.1 Å². The third-order valence-electron chi connectivity index (χ3n) is 5.21. The number of likely N-dealkylation sites (N-methyl/N-ethyl adjacent to an activating group) is 1. The van der Waals surface area contributed by atoms with Gasteiger partial charge in [-0.15, -0.1) is 0 Å². The van der Waals surface area contributed by atoms with E-state index in [-0.39, 0.29) is 17.9 Å². The van der Waals surface area contributed by atoms with Crippen LogP contribution in [0.2, 0.25) is 0 Å². The van der Waals surface area contributed by atoms with Crippen molar-refractivity contribution in [1.29, 1.82) is 0 Å². The molecular formula is C20H21N3O3. The van der Waals surface area contributed by atoms with Crippen molar-refractivity contribution in [3.8, 4) is 5.75 Å². The van der Waals surface area contributed by atoms with E-state index in [1.807, 2.05) is 62.5 Å². The number of hydrogen-bond acceptors (Lipinski definition) is 5. The fraction of sp³-hybridized carbons (Fsp3) is 0.300. The molecule has 2 aliphatic heterocycles. The highest BCUT2D eigenvalue weighted by atomic mass is 16.5. The smallest absolute Gasteiger partial charge is 0.253 e. The molecule has 0 bridgehead atoms. The largest absolute Gasteiger partial charge is 0.497 e. The van der Waals surface area contributed by atoms with Gasteiger partial charge in [-0.05, 0) is 36.8 Å². The molecule has 0 aromatic heterocycles. The van der Waals surface area contributed by atoms with Crippen LogP contribution >= 0.6 is 0 Å². The van der Waals surface area contributed by atoms with Gasteiger partial charge in [0.2, 0.25) is 5.91 Å². The Kier molecular flexibility index (Phi) is 4.01. The number of hydrazine groups is 1. The van der Waals surface area contributed by atoms with Crippen LogP contribution in [0.25, 0.3) is 0 Å². The van der Waals surface area contributed by atoms with Crippen molar-refractivity contribution >= 4 is 17.5 Å². The number of carbonyl (C=O) groups excluding carboxylic acids is 2. The molecule has 0 saturated carbocycles. The summed E-state index contributed by atoms with van der Waals surface area (Å²) in [5.41, 5.74) is 5.94. The minimum Gasteiger partial charge on any atom is -0.497 e. The topological polar surface area (TPSA) is 61.9 Å². The molecular weight excluding hydrogens is 330 g/mol. The Morgan fingerprint density at radius 3 is 2.23 bits per heavy atom. The van der Waals surface area contributed by atoms with Gasteiger partial charge in [-0.25, -0.2) is 15.3 Å². The third-order valence-corrected chi connectivity index (χ3v) is 5.21. The first-order chi connectivity index (χ1) is 12.5. The highest BCUT2D eigenvalue weighted by molar-refractivity contribution is 6.24. The summed E-state index contributed by atoms with van der Waals surface area (Å²) in [6.45, 7) is 1.98. The van der Waals surface area contributed by atoms with Crippen LogP contribution < -0.4 is 15.1 Å². The summed E-state index contributed by atoms with van der Waals surface area (Å²) < 4.78 is 5.20. The Hall–Kier alpha value is -2.70. The first-order valence-corrected chi connectivity index (χ1v) is 8.58. The molecule has 0 spiro atoms. The summed E-state index contributed by atoms with van der Waals surface area (Å²) in [7, 11) is 3.43. The van der Waals surface area contributed by atoms with E-state index in [2.05, 4.69) is 5.43 Å². The number of nitrogens with one attached hydrogen (secondary N) is 1. The van der Waals surface area contributed by atoms with Crippen LogP contribution in [0, 0.1) is 12.8 Å². The lowest BCUT2D eigenvalue weighted by atomic mass is 9.91. The number of fused-ring (bicyclic) bond motifs is 1. The van der Waals surface area contributed by atoms with Gasteiger partial charge in [0.05, 0.1) is 24.8 Å². The third kappa shape index (κ3) is 2.50. The maximum atomic E-state index is 13.1. The van der Waals surface area contributed by atoms with E-state index in [4.69, 9.17) is 4.74 Å². The monoisotopic (exact) mass is 351 g/mol. The van der Waals surface area contributed by atoms with E-state index >= 15 is 0 Å². The molecule has 0 aliphatic carbocycles. The number of carbonyl (C=O) groups is 2. The number of amides is 2. The maximum absolute atomic E-state index is 13.1. The van der Waals surface area contributed by atoms with Gasteiger partial charge in [0.15, 0.2) is 0 Å². The van der Waals surface area contributed by atoms with Crippen LogP contribution in [0.1, 0.15) is 17.2 Å². The van der Waals surface area contributed by atoms with Crippen molar-refractivity contribution in [3.05, 3.63) is 59.7 Å². The summed E-state index contributed by atoms with van der Waals surface area (Å²) >= 11 is 0. The lowest BCUT2D eigenvalue weighted by Gasteiger charge is -2.22. The normalized spacial score (nSPS) is 25.7. The summed E-state index contributed by atoms with van der Waals surface area (Å²) in [5.74, 6) is -0.0506. The number of nitrogens with zero attached hydrogens (tertiary/aromatic N) is 2. The van der Waals surface area contributed by atoms with Crippen LogP contribution in [0.4, 0.5) is 5.69 Å². The molecule has 0 radical (unpaired) electrons. The summed E-state index contributed by atoms with van der Waals surface area (Å²) in [6.07, 6.45) is 0.